The quantitative estimate of drug-likeness (QED) is 0.845. The molecule has 0 aromatic heterocycles. The zero-order valence-corrected chi connectivity index (χ0v) is 13.3. The average Bonchev–Trinajstić information content (AvgIpc) is 3.21. The zero-order valence-electron chi connectivity index (χ0n) is 13.3. The number of hydrogen-bond donors (Lipinski definition) is 1. The standard InChI is InChI=1S/C18H22O4/c1-16(2,3)22-15(21)12-4-6-13(7-5-12)18-10-17(18,11-18)9-8-14(19)20/h4-7H,8-11H2,1-3H3,(H,19,20). The Bertz CT molecular complexity index is 615. The van der Waals surface area contributed by atoms with E-state index < -0.39 is 11.6 Å². The van der Waals surface area contributed by atoms with Crippen LogP contribution in [0, 0.1) is 5.41 Å². The van der Waals surface area contributed by atoms with Crippen molar-refractivity contribution in [2.45, 2.75) is 57.5 Å². The molecular formula is C18H22O4. The largest absolute Gasteiger partial charge is 0.481 e. The van der Waals surface area contributed by atoms with E-state index in [-0.39, 0.29) is 23.2 Å². The van der Waals surface area contributed by atoms with Crippen molar-refractivity contribution in [3.63, 3.8) is 0 Å². The lowest BCUT2D eigenvalue weighted by Gasteiger charge is -2.19. The van der Waals surface area contributed by atoms with Crippen LogP contribution in [0.5, 0.6) is 0 Å². The second-order valence-corrected chi connectivity index (χ2v) is 7.69. The summed E-state index contributed by atoms with van der Waals surface area (Å²) in [6.45, 7) is 5.55. The van der Waals surface area contributed by atoms with Gasteiger partial charge in [0.15, 0.2) is 0 Å². The molecule has 1 N–H and O–H groups in total. The Morgan fingerprint density at radius 1 is 1.18 bits per heavy atom. The molecule has 0 aliphatic heterocycles. The highest BCUT2D eigenvalue weighted by Crippen LogP contribution is 2.87. The van der Waals surface area contributed by atoms with Gasteiger partial charge in [-0.3, -0.25) is 4.79 Å². The summed E-state index contributed by atoms with van der Waals surface area (Å²) in [5.41, 5.74) is 1.71. The number of ether oxygens (including phenoxy) is 1. The number of rotatable bonds is 5. The van der Waals surface area contributed by atoms with E-state index in [4.69, 9.17) is 9.84 Å². The molecule has 0 spiro atoms. The van der Waals surface area contributed by atoms with Gasteiger partial charge in [-0.1, -0.05) is 12.1 Å². The molecule has 1 aromatic carbocycles. The normalized spacial score (nSPS) is 28.7. The molecule has 1 aromatic rings. The van der Waals surface area contributed by atoms with E-state index in [1.807, 2.05) is 45.0 Å². The SMILES string of the molecule is CC(C)(C)OC(=O)c1ccc(C23CC2(CCC(=O)O)C3)cc1. The zero-order chi connectivity index (χ0) is 16.2. The number of aliphatic carboxylic acids is 1. The van der Waals surface area contributed by atoms with Crippen molar-refractivity contribution in [2.75, 3.05) is 0 Å². The summed E-state index contributed by atoms with van der Waals surface area (Å²) in [6.07, 6.45) is 3.17. The highest BCUT2D eigenvalue weighted by Gasteiger charge is 2.82. The van der Waals surface area contributed by atoms with Gasteiger partial charge in [-0.25, -0.2) is 4.79 Å². The Hall–Kier alpha value is -1.84. The van der Waals surface area contributed by atoms with E-state index >= 15 is 0 Å². The summed E-state index contributed by atoms with van der Waals surface area (Å²) < 4.78 is 5.36. The summed E-state index contributed by atoms with van der Waals surface area (Å²) in [6, 6.07) is 7.62. The molecule has 118 valence electrons. The van der Waals surface area contributed by atoms with Crippen molar-refractivity contribution in [3.8, 4) is 0 Å². The molecule has 22 heavy (non-hydrogen) atoms. The molecule has 0 amide bonds. The summed E-state index contributed by atoms with van der Waals surface area (Å²) in [5, 5.41) is 8.82. The van der Waals surface area contributed by atoms with Gasteiger partial charge in [0.2, 0.25) is 0 Å². The number of carbonyl (C=O) groups is 2. The van der Waals surface area contributed by atoms with Gasteiger partial charge in [-0.2, -0.15) is 0 Å². The Morgan fingerprint density at radius 2 is 1.77 bits per heavy atom. The molecule has 0 bridgehead atoms. The Balaban J connectivity index is 1.65. The van der Waals surface area contributed by atoms with E-state index in [0.29, 0.717) is 5.56 Å². The predicted octanol–water partition coefficient (Wildman–Crippen LogP) is 3.54. The van der Waals surface area contributed by atoms with Gasteiger partial charge in [0.1, 0.15) is 5.60 Å². The van der Waals surface area contributed by atoms with E-state index in [9.17, 15) is 9.59 Å². The van der Waals surface area contributed by atoms with Crippen molar-refractivity contribution in [3.05, 3.63) is 35.4 Å². The minimum atomic E-state index is -0.720. The lowest BCUT2D eigenvalue weighted by molar-refractivity contribution is -0.137. The highest BCUT2D eigenvalue weighted by atomic mass is 16.6. The maximum absolute atomic E-state index is 12.0. The van der Waals surface area contributed by atoms with Crippen molar-refractivity contribution in [2.24, 2.45) is 5.41 Å². The first-order chi connectivity index (χ1) is 10.2. The third kappa shape index (κ3) is 2.51. The topological polar surface area (TPSA) is 63.6 Å². The summed E-state index contributed by atoms with van der Waals surface area (Å²) in [7, 11) is 0. The smallest absolute Gasteiger partial charge is 0.338 e. The van der Waals surface area contributed by atoms with Crippen LogP contribution in [0.1, 0.15) is 62.4 Å². The first-order valence-electron chi connectivity index (χ1n) is 7.73. The molecule has 0 radical (unpaired) electrons. The third-order valence-electron chi connectivity index (χ3n) is 4.93. The molecule has 0 heterocycles. The van der Waals surface area contributed by atoms with Crippen molar-refractivity contribution < 1.29 is 19.4 Å². The van der Waals surface area contributed by atoms with Crippen molar-refractivity contribution in [1.82, 2.24) is 0 Å². The van der Waals surface area contributed by atoms with Crippen LogP contribution in [0.2, 0.25) is 0 Å². The lowest BCUT2D eigenvalue weighted by Crippen LogP contribution is -2.23. The molecular weight excluding hydrogens is 280 g/mol. The lowest BCUT2D eigenvalue weighted by atomic mass is 10.0. The van der Waals surface area contributed by atoms with Crippen molar-refractivity contribution >= 4 is 11.9 Å². The summed E-state index contributed by atoms with van der Waals surface area (Å²) in [4.78, 5) is 22.7. The van der Waals surface area contributed by atoms with Gasteiger partial charge in [0, 0.05) is 11.8 Å². The van der Waals surface area contributed by atoms with Gasteiger partial charge in [-0.15, -0.1) is 0 Å². The second-order valence-electron chi connectivity index (χ2n) is 7.69. The van der Waals surface area contributed by atoms with Gasteiger partial charge in [0.05, 0.1) is 5.56 Å². The molecule has 0 atom stereocenters. The minimum absolute atomic E-state index is 0.189. The maximum Gasteiger partial charge on any atom is 0.338 e. The number of benzene rings is 1. The van der Waals surface area contributed by atoms with Crippen LogP contribution in [-0.2, 0) is 14.9 Å². The Morgan fingerprint density at radius 3 is 2.27 bits per heavy atom. The van der Waals surface area contributed by atoms with Crippen LogP contribution >= 0.6 is 0 Å². The summed E-state index contributed by atoms with van der Waals surface area (Å²) in [5.74, 6) is -1.03. The first kappa shape index (κ1) is 15.1. The van der Waals surface area contributed by atoms with Gasteiger partial charge in [-0.05, 0) is 63.1 Å². The van der Waals surface area contributed by atoms with Crippen molar-refractivity contribution in [1.29, 1.82) is 0 Å². The number of hydrogen-bond acceptors (Lipinski definition) is 3. The number of carboxylic acids is 1. The number of carboxylic acid groups (broad SMARTS) is 1. The van der Waals surface area contributed by atoms with Crippen LogP contribution in [0.25, 0.3) is 0 Å². The molecule has 2 aliphatic carbocycles. The second kappa shape index (κ2) is 4.58. The molecule has 2 aliphatic rings. The highest BCUT2D eigenvalue weighted by molar-refractivity contribution is 5.89. The van der Waals surface area contributed by atoms with Crippen LogP contribution in [0.15, 0.2) is 24.3 Å². The molecule has 4 heteroatoms. The van der Waals surface area contributed by atoms with Crippen LogP contribution in [0.3, 0.4) is 0 Å². The van der Waals surface area contributed by atoms with Crippen LogP contribution < -0.4 is 0 Å². The third-order valence-corrected chi connectivity index (χ3v) is 4.93. The molecule has 2 saturated carbocycles. The number of carbonyl (C=O) groups excluding carboxylic acids is 1. The monoisotopic (exact) mass is 302 g/mol. The molecule has 0 unspecified atom stereocenters. The van der Waals surface area contributed by atoms with E-state index in [0.717, 1.165) is 19.3 Å². The summed E-state index contributed by atoms with van der Waals surface area (Å²) >= 11 is 0. The van der Waals surface area contributed by atoms with Crippen LogP contribution in [0.4, 0.5) is 0 Å². The minimum Gasteiger partial charge on any atom is -0.481 e. The molecule has 0 saturated heterocycles. The fraction of sp³-hybridized carbons (Fsp3) is 0.556. The molecule has 4 nitrogen and oxygen atoms in total. The van der Waals surface area contributed by atoms with Gasteiger partial charge in [0.25, 0.3) is 0 Å². The predicted molar refractivity (Wildman–Crippen MR) is 81.8 cm³/mol. The van der Waals surface area contributed by atoms with E-state index in [1.165, 1.54) is 5.56 Å². The maximum atomic E-state index is 12.0. The molecule has 2 fully saturated rings. The average molecular weight is 302 g/mol. The van der Waals surface area contributed by atoms with E-state index in [2.05, 4.69) is 0 Å². The fourth-order valence-corrected chi connectivity index (χ4v) is 3.55. The van der Waals surface area contributed by atoms with Gasteiger partial charge < -0.3 is 9.84 Å². The number of fused-ring (bicyclic) bond motifs is 1. The Labute approximate surface area is 130 Å². The Kier molecular flexibility index (Phi) is 3.13. The fourth-order valence-electron chi connectivity index (χ4n) is 3.55. The van der Waals surface area contributed by atoms with Gasteiger partial charge >= 0.3 is 11.9 Å². The first-order valence-corrected chi connectivity index (χ1v) is 7.73. The van der Waals surface area contributed by atoms with E-state index in [1.54, 1.807) is 0 Å². The molecule has 3 rings (SSSR count). The van der Waals surface area contributed by atoms with Crippen LogP contribution in [-0.4, -0.2) is 22.6 Å². The number of esters is 1.